The van der Waals surface area contributed by atoms with Crippen molar-refractivity contribution in [2.24, 2.45) is 0 Å². The van der Waals surface area contributed by atoms with Crippen LogP contribution in [0, 0.1) is 0 Å². The fraction of sp³-hybridized carbons (Fsp3) is 0.769. The second kappa shape index (κ2) is 5.69. The first kappa shape index (κ1) is 14.0. The predicted molar refractivity (Wildman–Crippen MR) is 70.6 cm³/mol. The first-order chi connectivity index (χ1) is 9.08. The Bertz CT molecular complexity index is 451. The molecule has 106 valence electrons. The number of fused-ring (bicyclic) bond motifs is 1. The van der Waals surface area contributed by atoms with E-state index in [2.05, 4.69) is 28.6 Å². The number of methoxy groups -OCH3 is 1. The van der Waals surface area contributed by atoms with Gasteiger partial charge < -0.3 is 14.2 Å². The van der Waals surface area contributed by atoms with Crippen LogP contribution >= 0.6 is 0 Å². The lowest BCUT2D eigenvalue weighted by Gasteiger charge is -2.30. The molecule has 1 aromatic heterocycles. The van der Waals surface area contributed by atoms with Crippen LogP contribution in [0.3, 0.4) is 0 Å². The molecule has 1 aromatic rings. The molecule has 1 unspecified atom stereocenters. The highest BCUT2D eigenvalue weighted by atomic mass is 16.5. The number of carbonyl (C=O) groups excluding carboxylic acids is 1. The van der Waals surface area contributed by atoms with Crippen molar-refractivity contribution in [3.8, 4) is 0 Å². The van der Waals surface area contributed by atoms with Gasteiger partial charge in [-0.05, 0) is 6.42 Å². The third kappa shape index (κ3) is 2.63. The zero-order valence-corrected chi connectivity index (χ0v) is 12.1. The predicted octanol–water partition coefficient (Wildman–Crippen LogP) is 1.17. The third-order valence-electron chi connectivity index (χ3n) is 3.54. The molecule has 0 aliphatic carbocycles. The van der Waals surface area contributed by atoms with Gasteiger partial charge in [0.1, 0.15) is 11.9 Å². The van der Waals surface area contributed by atoms with Crippen LogP contribution in [0.4, 0.5) is 0 Å². The largest absolute Gasteiger partial charge is 0.372 e. The summed E-state index contributed by atoms with van der Waals surface area (Å²) in [4.78, 5) is 14.1. The van der Waals surface area contributed by atoms with E-state index in [0.29, 0.717) is 25.4 Å². The monoisotopic (exact) mass is 266 g/mol. The minimum atomic E-state index is -0.348. The lowest BCUT2D eigenvalue weighted by atomic mass is 10.2. The zero-order valence-electron chi connectivity index (χ0n) is 12.1. The lowest BCUT2D eigenvalue weighted by Crippen LogP contribution is -2.44. The molecule has 0 saturated heterocycles. The molecule has 1 amide bonds. The number of hydrogen-bond donors (Lipinski definition) is 0. The molecule has 1 aliphatic rings. The standard InChI is InChI=1S/C13H22N4O2/c1-5-10(19-4)13(18)16-6-7-17-11(8-16)14-15-12(17)9(2)3/h9-10H,5-8H2,1-4H3. The van der Waals surface area contributed by atoms with Gasteiger partial charge in [-0.15, -0.1) is 10.2 Å². The molecule has 2 rings (SSSR count). The van der Waals surface area contributed by atoms with E-state index >= 15 is 0 Å². The second-order valence-corrected chi connectivity index (χ2v) is 5.17. The van der Waals surface area contributed by atoms with Crippen molar-refractivity contribution in [3.05, 3.63) is 11.6 Å². The third-order valence-corrected chi connectivity index (χ3v) is 3.54. The molecule has 0 radical (unpaired) electrons. The lowest BCUT2D eigenvalue weighted by molar-refractivity contribution is -0.143. The maximum atomic E-state index is 12.3. The van der Waals surface area contributed by atoms with Crippen LogP contribution in [0.15, 0.2) is 0 Å². The van der Waals surface area contributed by atoms with Gasteiger partial charge in [0.2, 0.25) is 0 Å². The topological polar surface area (TPSA) is 60.2 Å². The minimum absolute atomic E-state index is 0.0466. The van der Waals surface area contributed by atoms with Crippen molar-refractivity contribution in [3.63, 3.8) is 0 Å². The normalized spacial score (nSPS) is 16.6. The number of carbonyl (C=O) groups is 1. The summed E-state index contributed by atoms with van der Waals surface area (Å²) in [6.45, 7) is 8.15. The van der Waals surface area contributed by atoms with Gasteiger partial charge in [0.25, 0.3) is 5.91 Å². The Balaban J connectivity index is 2.12. The smallest absolute Gasteiger partial charge is 0.252 e. The summed E-state index contributed by atoms with van der Waals surface area (Å²) < 4.78 is 7.34. The molecule has 2 heterocycles. The Morgan fingerprint density at radius 3 is 2.68 bits per heavy atom. The second-order valence-electron chi connectivity index (χ2n) is 5.17. The van der Waals surface area contributed by atoms with Crippen LogP contribution in [0.1, 0.15) is 44.8 Å². The van der Waals surface area contributed by atoms with Crippen molar-refractivity contribution in [2.45, 2.75) is 52.3 Å². The zero-order chi connectivity index (χ0) is 14.0. The molecular weight excluding hydrogens is 244 g/mol. The number of nitrogens with zero attached hydrogens (tertiary/aromatic N) is 4. The SMILES string of the molecule is CCC(OC)C(=O)N1CCn2c(nnc2C(C)C)C1. The van der Waals surface area contributed by atoms with Crippen molar-refractivity contribution in [1.82, 2.24) is 19.7 Å². The number of hydrogen-bond acceptors (Lipinski definition) is 4. The Hall–Kier alpha value is -1.43. The van der Waals surface area contributed by atoms with E-state index in [9.17, 15) is 4.79 Å². The van der Waals surface area contributed by atoms with Gasteiger partial charge in [0, 0.05) is 26.1 Å². The van der Waals surface area contributed by atoms with Gasteiger partial charge in [-0.25, -0.2) is 0 Å². The van der Waals surface area contributed by atoms with Crippen molar-refractivity contribution in [2.75, 3.05) is 13.7 Å². The van der Waals surface area contributed by atoms with Gasteiger partial charge in [0.15, 0.2) is 5.82 Å². The summed E-state index contributed by atoms with van der Waals surface area (Å²) in [7, 11) is 1.58. The molecule has 0 saturated carbocycles. The maximum absolute atomic E-state index is 12.3. The van der Waals surface area contributed by atoms with E-state index in [1.54, 1.807) is 7.11 Å². The molecular formula is C13H22N4O2. The summed E-state index contributed by atoms with van der Waals surface area (Å²) in [5.41, 5.74) is 0. The molecule has 6 heteroatoms. The average molecular weight is 266 g/mol. The van der Waals surface area contributed by atoms with Gasteiger partial charge in [-0.1, -0.05) is 20.8 Å². The first-order valence-electron chi connectivity index (χ1n) is 6.82. The van der Waals surface area contributed by atoms with Crippen LogP contribution in [-0.4, -0.2) is 45.3 Å². The molecule has 6 nitrogen and oxygen atoms in total. The van der Waals surface area contributed by atoms with E-state index in [-0.39, 0.29) is 12.0 Å². The number of ether oxygens (including phenoxy) is 1. The quantitative estimate of drug-likeness (QED) is 0.820. The van der Waals surface area contributed by atoms with Crippen LogP contribution < -0.4 is 0 Å². The fourth-order valence-corrected chi connectivity index (χ4v) is 2.44. The van der Waals surface area contributed by atoms with Gasteiger partial charge in [-0.3, -0.25) is 4.79 Å². The van der Waals surface area contributed by atoms with Gasteiger partial charge in [0.05, 0.1) is 6.54 Å². The summed E-state index contributed by atoms with van der Waals surface area (Å²) >= 11 is 0. The van der Waals surface area contributed by atoms with Crippen molar-refractivity contribution in [1.29, 1.82) is 0 Å². The maximum Gasteiger partial charge on any atom is 0.252 e. The van der Waals surface area contributed by atoms with Gasteiger partial charge >= 0.3 is 0 Å². The van der Waals surface area contributed by atoms with E-state index < -0.39 is 0 Å². The highest BCUT2D eigenvalue weighted by molar-refractivity contribution is 5.80. The van der Waals surface area contributed by atoms with E-state index in [4.69, 9.17) is 4.74 Å². The Kier molecular flexibility index (Phi) is 4.19. The Morgan fingerprint density at radius 1 is 1.37 bits per heavy atom. The molecule has 19 heavy (non-hydrogen) atoms. The summed E-state index contributed by atoms with van der Waals surface area (Å²) in [5.74, 6) is 2.27. The van der Waals surface area contributed by atoms with E-state index in [1.807, 2.05) is 11.8 Å². The van der Waals surface area contributed by atoms with Crippen LogP contribution in [0.5, 0.6) is 0 Å². The van der Waals surface area contributed by atoms with E-state index in [0.717, 1.165) is 18.2 Å². The Morgan fingerprint density at radius 2 is 2.11 bits per heavy atom. The Labute approximate surface area is 113 Å². The summed E-state index contributed by atoms with van der Waals surface area (Å²) in [6.07, 6.45) is 0.342. The summed E-state index contributed by atoms with van der Waals surface area (Å²) in [6, 6.07) is 0. The van der Waals surface area contributed by atoms with Crippen molar-refractivity contribution < 1.29 is 9.53 Å². The van der Waals surface area contributed by atoms with Gasteiger partial charge in [-0.2, -0.15) is 0 Å². The molecule has 0 spiro atoms. The van der Waals surface area contributed by atoms with E-state index in [1.165, 1.54) is 0 Å². The molecule has 0 aromatic carbocycles. The van der Waals surface area contributed by atoms with Crippen LogP contribution in [0.25, 0.3) is 0 Å². The minimum Gasteiger partial charge on any atom is -0.372 e. The van der Waals surface area contributed by atoms with Crippen LogP contribution in [-0.2, 0) is 22.6 Å². The number of aromatic nitrogens is 3. The van der Waals surface area contributed by atoms with Crippen molar-refractivity contribution >= 4 is 5.91 Å². The molecule has 0 N–H and O–H groups in total. The molecule has 0 bridgehead atoms. The molecule has 1 atom stereocenters. The molecule has 0 fully saturated rings. The first-order valence-corrected chi connectivity index (χ1v) is 6.82. The number of amides is 1. The van der Waals surface area contributed by atoms with Crippen LogP contribution in [0.2, 0.25) is 0 Å². The highest BCUT2D eigenvalue weighted by Crippen LogP contribution is 2.19. The number of rotatable bonds is 4. The fourth-order valence-electron chi connectivity index (χ4n) is 2.44. The average Bonchev–Trinajstić information content (AvgIpc) is 2.82. The highest BCUT2D eigenvalue weighted by Gasteiger charge is 2.28. The molecule has 1 aliphatic heterocycles. The summed E-state index contributed by atoms with van der Waals surface area (Å²) in [5, 5.41) is 8.42.